The molecule has 2 amide bonds. The number of para-hydroxylation sites is 2. The van der Waals surface area contributed by atoms with Crippen LogP contribution in [0.3, 0.4) is 0 Å². The summed E-state index contributed by atoms with van der Waals surface area (Å²) in [4.78, 5) is 38.1. The van der Waals surface area contributed by atoms with Crippen LogP contribution in [0.1, 0.15) is 43.2 Å². The van der Waals surface area contributed by atoms with Crippen molar-refractivity contribution in [2.24, 2.45) is 0 Å². The molecule has 4 aromatic rings. The van der Waals surface area contributed by atoms with Crippen LogP contribution in [0.2, 0.25) is 0 Å². The number of rotatable bonds is 7. The Hall–Kier alpha value is -3.77. The van der Waals surface area contributed by atoms with Crippen molar-refractivity contribution < 1.29 is 9.59 Å². The number of hydrogen-bond acceptors (Lipinski definition) is 4. The van der Waals surface area contributed by atoms with Crippen molar-refractivity contribution >= 4 is 28.8 Å². The van der Waals surface area contributed by atoms with Crippen molar-refractivity contribution in [2.75, 3.05) is 18.0 Å². The number of nitrogens with one attached hydrogen (secondary N) is 1. The molecule has 6 heteroatoms. The summed E-state index contributed by atoms with van der Waals surface area (Å²) in [5.74, 6) is -0.0123. The molecule has 1 atom stereocenters. The summed E-state index contributed by atoms with van der Waals surface area (Å²) < 4.78 is 0. The van der Waals surface area contributed by atoms with Gasteiger partial charge in [-0.25, -0.2) is 9.88 Å². The number of amides is 2. The van der Waals surface area contributed by atoms with Gasteiger partial charge in [-0.15, -0.1) is 0 Å². The number of benzene rings is 3. The van der Waals surface area contributed by atoms with Gasteiger partial charge >= 0.3 is 0 Å². The van der Waals surface area contributed by atoms with Gasteiger partial charge in [0.05, 0.1) is 17.1 Å². The molecule has 5 rings (SSSR count). The first kappa shape index (κ1) is 23.0. The molecule has 1 aromatic heterocycles. The Morgan fingerprint density at radius 3 is 2.23 bits per heavy atom. The summed E-state index contributed by atoms with van der Waals surface area (Å²) in [6, 6.07) is 28.1. The van der Waals surface area contributed by atoms with Gasteiger partial charge in [0.15, 0.2) is 0 Å². The van der Waals surface area contributed by atoms with Crippen LogP contribution >= 0.6 is 0 Å². The van der Waals surface area contributed by atoms with E-state index in [1.165, 1.54) is 16.0 Å². The van der Waals surface area contributed by atoms with E-state index in [1.807, 2.05) is 36.4 Å². The maximum absolute atomic E-state index is 13.9. The van der Waals surface area contributed by atoms with Crippen molar-refractivity contribution in [3.63, 3.8) is 0 Å². The Bertz CT molecular complexity index is 1230. The minimum atomic E-state index is -0.367. The van der Waals surface area contributed by atoms with Gasteiger partial charge < -0.3 is 4.98 Å². The lowest BCUT2D eigenvalue weighted by atomic mass is 9.90. The van der Waals surface area contributed by atoms with E-state index in [0.717, 1.165) is 30.4 Å². The first-order chi connectivity index (χ1) is 17.2. The topological polar surface area (TPSA) is 69.3 Å². The van der Waals surface area contributed by atoms with Gasteiger partial charge in [-0.05, 0) is 42.6 Å². The lowest BCUT2D eigenvalue weighted by molar-refractivity contribution is -0.129. The summed E-state index contributed by atoms with van der Waals surface area (Å²) in [7, 11) is 0. The SMILES string of the molecule is CCC(=O)N(C(=O)[C@@H]1CCCN1CC(c1ccccc1)c1ccccc1)c1nc2ccccc2[nH]1. The van der Waals surface area contributed by atoms with Gasteiger partial charge in [0.2, 0.25) is 11.9 Å². The second-order valence-corrected chi connectivity index (χ2v) is 9.03. The highest BCUT2D eigenvalue weighted by Gasteiger charge is 2.38. The molecule has 0 radical (unpaired) electrons. The van der Waals surface area contributed by atoms with Gasteiger partial charge in [0.25, 0.3) is 5.91 Å². The number of imide groups is 1. The van der Waals surface area contributed by atoms with Gasteiger partial charge in [-0.3, -0.25) is 14.5 Å². The number of aromatic amines is 1. The Kier molecular flexibility index (Phi) is 6.73. The average molecular weight is 467 g/mol. The van der Waals surface area contributed by atoms with E-state index in [1.54, 1.807) is 6.92 Å². The maximum atomic E-state index is 13.9. The molecule has 0 unspecified atom stereocenters. The van der Waals surface area contributed by atoms with E-state index in [0.29, 0.717) is 12.5 Å². The summed E-state index contributed by atoms with van der Waals surface area (Å²) in [5, 5.41) is 0. The molecule has 178 valence electrons. The maximum Gasteiger partial charge on any atom is 0.253 e. The zero-order chi connectivity index (χ0) is 24.2. The molecule has 1 aliphatic rings. The summed E-state index contributed by atoms with van der Waals surface area (Å²) in [6.45, 7) is 3.30. The molecule has 1 aliphatic heterocycles. The number of carbonyl (C=O) groups excluding carboxylic acids is 2. The molecular formula is C29H30N4O2. The molecule has 0 aliphatic carbocycles. The lowest BCUT2D eigenvalue weighted by Gasteiger charge is -2.31. The molecule has 0 spiro atoms. The van der Waals surface area contributed by atoms with E-state index in [2.05, 4.69) is 63.4 Å². The number of likely N-dealkylation sites (tertiary alicyclic amines) is 1. The van der Waals surface area contributed by atoms with Crippen LogP contribution in [0.4, 0.5) is 5.95 Å². The second kappa shape index (κ2) is 10.2. The number of carbonyl (C=O) groups is 2. The van der Waals surface area contributed by atoms with Crippen LogP contribution in [0, 0.1) is 0 Å². The zero-order valence-corrected chi connectivity index (χ0v) is 19.9. The van der Waals surface area contributed by atoms with Gasteiger partial charge in [0.1, 0.15) is 0 Å². The molecule has 2 heterocycles. The summed E-state index contributed by atoms with van der Waals surface area (Å²) in [5.41, 5.74) is 3.98. The standard InChI is InChI=1S/C29H30N4O2/c1-2-27(34)33(29-30-24-16-9-10-17-25(24)31-29)28(35)26-18-11-19-32(26)20-23(21-12-5-3-6-13-21)22-14-7-4-8-15-22/h3-10,12-17,23,26H,2,11,18-20H2,1H3,(H,30,31)/t26-/m0/s1. The Balaban J connectivity index is 1.45. The summed E-state index contributed by atoms with van der Waals surface area (Å²) in [6.07, 6.45) is 1.87. The van der Waals surface area contributed by atoms with E-state index >= 15 is 0 Å². The van der Waals surface area contributed by atoms with Gasteiger partial charge in [0, 0.05) is 18.9 Å². The number of nitrogens with zero attached hydrogens (tertiary/aromatic N) is 3. The molecule has 0 bridgehead atoms. The molecule has 6 nitrogen and oxygen atoms in total. The zero-order valence-electron chi connectivity index (χ0n) is 19.9. The predicted octanol–water partition coefficient (Wildman–Crippen LogP) is 5.13. The highest BCUT2D eigenvalue weighted by Crippen LogP contribution is 2.30. The lowest BCUT2D eigenvalue weighted by Crippen LogP contribution is -2.49. The van der Waals surface area contributed by atoms with Gasteiger partial charge in [-0.2, -0.15) is 0 Å². The van der Waals surface area contributed by atoms with Crippen molar-refractivity contribution in [2.45, 2.75) is 38.1 Å². The highest BCUT2D eigenvalue weighted by atomic mass is 16.2. The van der Waals surface area contributed by atoms with Crippen molar-refractivity contribution in [1.82, 2.24) is 14.9 Å². The van der Waals surface area contributed by atoms with Crippen LogP contribution in [0.25, 0.3) is 11.0 Å². The van der Waals surface area contributed by atoms with Crippen LogP contribution in [0.15, 0.2) is 84.9 Å². The largest absolute Gasteiger partial charge is 0.323 e. The van der Waals surface area contributed by atoms with Crippen molar-refractivity contribution in [3.8, 4) is 0 Å². The smallest absolute Gasteiger partial charge is 0.253 e. The van der Waals surface area contributed by atoms with Crippen molar-refractivity contribution in [3.05, 3.63) is 96.1 Å². The number of hydrogen-bond donors (Lipinski definition) is 1. The van der Waals surface area contributed by atoms with Crippen LogP contribution < -0.4 is 4.90 Å². The third-order valence-corrected chi connectivity index (χ3v) is 6.83. The Morgan fingerprint density at radius 2 is 1.60 bits per heavy atom. The first-order valence-electron chi connectivity index (χ1n) is 12.3. The molecule has 35 heavy (non-hydrogen) atoms. The molecule has 1 N–H and O–H groups in total. The van der Waals surface area contributed by atoms with Gasteiger partial charge in [-0.1, -0.05) is 79.7 Å². The monoisotopic (exact) mass is 466 g/mol. The van der Waals surface area contributed by atoms with Crippen LogP contribution in [-0.2, 0) is 9.59 Å². The number of anilines is 1. The first-order valence-corrected chi connectivity index (χ1v) is 12.3. The fourth-order valence-electron chi connectivity index (χ4n) is 5.03. The number of H-pyrrole nitrogens is 1. The Morgan fingerprint density at radius 1 is 0.971 bits per heavy atom. The molecule has 1 saturated heterocycles. The quantitative estimate of drug-likeness (QED) is 0.410. The van der Waals surface area contributed by atoms with Crippen LogP contribution in [0.5, 0.6) is 0 Å². The van der Waals surface area contributed by atoms with E-state index in [-0.39, 0.29) is 30.2 Å². The second-order valence-electron chi connectivity index (χ2n) is 9.03. The molecule has 3 aromatic carbocycles. The van der Waals surface area contributed by atoms with Crippen molar-refractivity contribution in [1.29, 1.82) is 0 Å². The molecule has 1 fully saturated rings. The third-order valence-electron chi connectivity index (χ3n) is 6.83. The number of fused-ring (bicyclic) bond motifs is 1. The molecule has 0 saturated carbocycles. The van der Waals surface area contributed by atoms with E-state index in [9.17, 15) is 9.59 Å². The third kappa shape index (κ3) is 4.75. The normalized spacial score (nSPS) is 16.1. The predicted molar refractivity (Wildman–Crippen MR) is 138 cm³/mol. The van der Waals surface area contributed by atoms with Crippen LogP contribution in [-0.4, -0.2) is 45.8 Å². The van der Waals surface area contributed by atoms with E-state index in [4.69, 9.17) is 0 Å². The van der Waals surface area contributed by atoms with E-state index < -0.39 is 0 Å². The Labute approximate surface area is 205 Å². The number of aromatic nitrogens is 2. The molecular weight excluding hydrogens is 436 g/mol. The highest BCUT2D eigenvalue weighted by molar-refractivity contribution is 6.16. The number of imidazole rings is 1. The fourth-order valence-corrected chi connectivity index (χ4v) is 5.03. The average Bonchev–Trinajstić information content (AvgIpc) is 3.55. The summed E-state index contributed by atoms with van der Waals surface area (Å²) >= 11 is 0. The minimum absolute atomic E-state index is 0.132. The fraction of sp³-hybridized carbons (Fsp3) is 0.276. The minimum Gasteiger partial charge on any atom is -0.323 e.